The van der Waals surface area contributed by atoms with Gasteiger partial charge in [-0.05, 0) is 43.5 Å². The molecule has 4 rings (SSSR count). The fraction of sp³-hybridized carbons (Fsp3) is 0.389. The molecule has 1 N–H and O–H groups in total. The van der Waals surface area contributed by atoms with Gasteiger partial charge in [0.05, 0.1) is 12.6 Å². The number of nitrogens with zero attached hydrogens (tertiary/aromatic N) is 4. The quantitative estimate of drug-likeness (QED) is 0.261. The molecule has 1 aromatic heterocycles. The number of thioether (sulfide) groups is 1. The van der Waals surface area contributed by atoms with E-state index in [0.717, 1.165) is 14.9 Å². The fourth-order valence-electron chi connectivity index (χ4n) is 3.26. The van der Waals surface area contributed by atoms with E-state index in [1.165, 1.54) is 11.8 Å². The van der Waals surface area contributed by atoms with Gasteiger partial charge in [0.1, 0.15) is 28.4 Å². The molecule has 2 saturated heterocycles. The maximum atomic E-state index is 10.9. The summed E-state index contributed by atoms with van der Waals surface area (Å²) in [6, 6.07) is 10.5. The Morgan fingerprint density at radius 3 is 2.79 bits per heavy atom. The summed E-state index contributed by atoms with van der Waals surface area (Å²) in [7, 11) is 0. The van der Waals surface area contributed by atoms with Crippen molar-refractivity contribution in [3.63, 3.8) is 0 Å². The van der Waals surface area contributed by atoms with E-state index in [2.05, 4.69) is 46.9 Å². The lowest BCUT2D eigenvalue weighted by atomic mass is 9.97. The lowest BCUT2D eigenvalue weighted by molar-refractivity contribution is -0.297. The summed E-state index contributed by atoms with van der Waals surface area (Å²) in [5.41, 5.74) is 9.22. The zero-order valence-corrected chi connectivity index (χ0v) is 18.8. The number of azide groups is 1. The predicted octanol–water partition coefficient (Wildman–Crippen LogP) is 4.58. The van der Waals surface area contributed by atoms with Crippen LogP contribution in [0.5, 0.6) is 0 Å². The van der Waals surface area contributed by atoms with E-state index in [0.29, 0.717) is 4.60 Å². The van der Waals surface area contributed by atoms with Crippen LogP contribution in [0.1, 0.15) is 11.9 Å². The van der Waals surface area contributed by atoms with Gasteiger partial charge in [0, 0.05) is 26.0 Å². The second kappa shape index (κ2) is 9.32. The smallest absolute Gasteiger partial charge is 0.184 e. The van der Waals surface area contributed by atoms with Crippen molar-refractivity contribution in [3.8, 4) is 0 Å². The van der Waals surface area contributed by atoms with Crippen molar-refractivity contribution < 1.29 is 19.3 Å². The van der Waals surface area contributed by atoms with Gasteiger partial charge in [-0.2, -0.15) is 0 Å². The second-order valence-corrected chi connectivity index (χ2v) is 9.27. The normalized spacial score (nSPS) is 31.6. The van der Waals surface area contributed by atoms with Gasteiger partial charge < -0.3 is 19.3 Å². The van der Waals surface area contributed by atoms with E-state index >= 15 is 0 Å². The number of ether oxygens (including phenoxy) is 3. The van der Waals surface area contributed by atoms with Crippen molar-refractivity contribution in [2.24, 2.45) is 5.11 Å². The number of aromatic nitrogens is 1. The Labute approximate surface area is 187 Å². The van der Waals surface area contributed by atoms with Crippen molar-refractivity contribution in [3.05, 3.63) is 67.7 Å². The van der Waals surface area contributed by atoms with Crippen molar-refractivity contribution in [1.82, 2.24) is 4.98 Å². The first kappa shape index (κ1) is 21.1. The minimum Gasteiger partial charge on any atom is -0.389 e. The molecule has 0 aliphatic carbocycles. The second-order valence-electron chi connectivity index (χ2n) is 6.47. The van der Waals surface area contributed by atoms with Crippen molar-refractivity contribution in [1.29, 1.82) is 0 Å². The molecule has 0 saturated carbocycles. The predicted molar refractivity (Wildman–Crippen MR) is 113 cm³/mol. The van der Waals surface area contributed by atoms with E-state index < -0.39 is 36.1 Å². The third kappa shape index (κ3) is 4.62. The van der Waals surface area contributed by atoms with E-state index in [1.807, 2.05) is 36.4 Å². The molecule has 1 aromatic carbocycles. The van der Waals surface area contributed by atoms with Gasteiger partial charge in [0.2, 0.25) is 0 Å². The summed E-state index contributed by atoms with van der Waals surface area (Å²) < 4.78 is 19.4. The Balaban J connectivity index is 1.56. The zero-order chi connectivity index (χ0) is 20.4. The molecule has 11 heteroatoms. The molecule has 2 aromatic rings. The highest BCUT2D eigenvalue weighted by atomic mass is 79.9. The number of aliphatic hydroxyl groups is 1. The highest BCUT2D eigenvalue weighted by Gasteiger charge is 2.49. The van der Waals surface area contributed by atoms with Gasteiger partial charge in [-0.3, -0.25) is 0 Å². The number of hydrogen-bond donors (Lipinski definition) is 1. The van der Waals surface area contributed by atoms with Gasteiger partial charge >= 0.3 is 0 Å². The molecule has 2 aliphatic heterocycles. The molecular formula is C18H16Br2N4O4S. The molecule has 3 unspecified atom stereocenters. The first-order valence-corrected chi connectivity index (χ1v) is 11.2. The number of pyridine rings is 1. The molecule has 6 atom stereocenters. The van der Waals surface area contributed by atoms with Crippen molar-refractivity contribution >= 4 is 43.6 Å². The molecule has 2 aliphatic rings. The van der Waals surface area contributed by atoms with Gasteiger partial charge in [0.25, 0.3) is 0 Å². The van der Waals surface area contributed by atoms with Crippen LogP contribution < -0.4 is 0 Å². The Kier molecular flexibility index (Phi) is 6.77. The van der Waals surface area contributed by atoms with E-state index in [9.17, 15) is 5.11 Å². The fourth-order valence-corrected chi connectivity index (χ4v) is 5.33. The maximum absolute atomic E-state index is 10.9. The van der Waals surface area contributed by atoms with Crippen LogP contribution in [0.4, 0.5) is 0 Å². The van der Waals surface area contributed by atoms with Crippen LogP contribution in [0.3, 0.4) is 0 Å². The van der Waals surface area contributed by atoms with Crippen LogP contribution in [-0.4, -0.2) is 46.5 Å². The first-order chi connectivity index (χ1) is 14.1. The lowest BCUT2D eigenvalue weighted by Gasteiger charge is -2.46. The minimum atomic E-state index is -1.07. The van der Waals surface area contributed by atoms with Crippen molar-refractivity contribution in [2.45, 2.75) is 41.0 Å². The number of halogens is 2. The molecule has 8 nitrogen and oxygen atoms in total. The zero-order valence-electron chi connectivity index (χ0n) is 14.8. The van der Waals surface area contributed by atoms with Crippen LogP contribution in [0.2, 0.25) is 0 Å². The molecule has 2 fully saturated rings. The number of fused-ring (bicyclic) bond motifs is 1. The highest BCUT2D eigenvalue weighted by Crippen LogP contribution is 2.41. The van der Waals surface area contributed by atoms with Gasteiger partial charge in [0.15, 0.2) is 6.29 Å². The molecule has 29 heavy (non-hydrogen) atoms. The number of aliphatic hydroxyl groups excluding tert-OH is 1. The number of rotatable bonds is 4. The summed E-state index contributed by atoms with van der Waals surface area (Å²) >= 11 is 8.08. The molecule has 0 spiro atoms. The van der Waals surface area contributed by atoms with Crippen LogP contribution in [-0.2, 0) is 14.2 Å². The van der Waals surface area contributed by atoms with Gasteiger partial charge in [-0.15, -0.1) is 0 Å². The third-order valence-electron chi connectivity index (χ3n) is 4.61. The topological polar surface area (TPSA) is 110 Å². The average Bonchev–Trinajstić information content (AvgIpc) is 2.74. The summed E-state index contributed by atoms with van der Waals surface area (Å²) in [6.07, 6.45) is -1.13. The molecular weight excluding hydrogens is 528 g/mol. The summed E-state index contributed by atoms with van der Waals surface area (Å²) in [5, 5.41) is 14.7. The number of hydrogen-bond acceptors (Lipinski definition) is 7. The SMILES string of the molecule is [N-]=[N+]=NC1[C@H]2OC(c3ccccc3)OCC2O[C@H](Sc2cc(Br)cnc2Br)[C@H]1O. The van der Waals surface area contributed by atoms with Crippen molar-refractivity contribution in [2.75, 3.05) is 6.61 Å². The molecule has 3 heterocycles. The molecule has 0 amide bonds. The lowest BCUT2D eigenvalue weighted by Crippen LogP contribution is -2.60. The van der Waals surface area contributed by atoms with Crippen LogP contribution >= 0.6 is 43.6 Å². The van der Waals surface area contributed by atoms with Gasteiger partial charge in [-0.25, -0.2) is 4.98 Å². The molecule has 0 bridgehead atoms. The first-order valence-electron chi connectivity index (χ1n) is 8.74. The summed E-state index contributed by atoms with van der Waals surface area (Å²) in [4.78, 5) is 7.93. The van der Waals surface area contributed by atoms with Gasteiger partial charge in [-0.1, -0.05) is 47.2 Å². The molecule has 0 radical (unpaired) electrons. The number of benzene rings is 1. The third-order valence-corrected chi connectivity index (χ3v) is 7.12. The Morgan fingerprint density at radius 1 is 1.24 bits per heavy atom. The highest BCUT2D eigenvalue weighted by molar-refractivity contribution is 9.11. The summed E-state index contributed by atoms with van der Waals surface area (Å²) in [6.45, 7) is 0.253. The standard InChI is InChI=1S/C18H16Br2N4O4S/c19-10-6-12(16(20)22-7-10)29-18-14(25)13(23-24-21)15-11(27-18)8-26-17(28-15)9-4-2-1-3-5-9/h1-7,11,13-15,17-18,25H,8H2/t11?,13?,14-,15-,17?,18+/m0/s1. The van der Waals surface area contributed by atoms with E-state index in [4.69, 9.17) is 19.7 Å². The monoisotopic (exact) mass is 542 g/mol. The van der Waals surface area contributed by atoms with Crippen LogP contribution in [0.25, 0.3) is 10.4 Å². The summed E-state index contributed by atoms with van der Waals surface area (Å²) in [5.74, 6) is 0. The Morgan fingerprint density at radius 2 is 2.03 bits per heavy atom. The largest absolute Gasteiger partial charge is 0.389 e. The Hall–Kier alpha value is -1.17. The van der Waals surface area contributed by atoms with Crippen LogP contribution in [0.15, 0.2) is 61.7 Å². The minimum absolute atomic E-state index is 0.253. The maximum Gasteiger partial charge on any atom is 0.184 e. The van der Waals surface area contributed by atoms with Crippen LogP contribution in [0, 0.1) is 0 Å². The van der Waals surface area contributed by atoms with E-state index in [-0.39, 0.29) is 6.61 Å². The van der Waals surface area contributed by atoms with E-state index in [1.54, 1.807) is 6.20 Å². The average molecular weight is 544 g/mol. The molecule has 152 valence electrons. The Bertz CT molecular complexity index is 918.